The third-order valence-electron chi connectivity index (χ3n) is 4.59. The monoisotopic (exact) mass is 353 g/mol. The highest BCUT2D eigenvalue weighted by Crippen LogP contribution is 2.24. The summed E-state index contributed by atoms with van der Waals surface area (Å²) in [6.45, 7) is 7.89. The van der Waals surface area contributed by atoms with E-state index < -0.39 is 0 Å². The van der Waals surface area contributed by atoms with Gasteiger partial charge in [-0.3, -0.25) is 4.79 Å². The van der Waals surface area contributed by atoms with E-state index in [0.29, 0.717) is 12.2 Å². The van der Waals surface area contributed by atoms with Crippen LogP contribution in [0.3, 0.4) is 0 Å². The molecule has 0 saturated carbocycles. The number of hydrogen-bond donors (Lipinski definition) is 1. The molecule has 3 rings (SSSR count). The smallest absolute Gasteiger partial charge is 0.255 e. The molecule has 26 heavy (non-hydrogen) atoms. The molecule has 1 aliphatic heterocycles. The fourth-order valence-electron chi connectivity index (χ4n) is 2.92. The van der Waals surface area contributed by atoms with Crippen molar-refractivity contribution in [2.75, 3.05) is 18.5 Å². The maximum absolute atomic E-state index is 12.4. The maximum Gasteiger partial charge on any atom is 0.255 e. The first kappa shape index (κ1) is 18.5. The number of ether oxygens (including phenoxy) is 2. The Morgan fingerprint density at radius 3 is 2.38 bits per heavy atom. The summed E-state index contributed by atoms with van der Waals surface area (Å²) in [4.78, 5) is 12.4. The van der Waals surface area contributed by atoms with Crippen LogP contribution in [-0.4, -0.2) is 25.2 Å². The van der Waals surface area contributed by atoms with Gasteiger partial charge in [0.25, 0.3) is 5.91 Å². The van der Waals surface area contributed by atoms with Crippen LogP contribution in [0.2, 0.25) is 0 Å². The highest BCUT2D eigenvalue weighted by Gasteiger charge is 2.16. The molecule has 2 aromatic carbocycles. The molecule has 2 aromatic rings. The van der Waals surface area contributed by atoms with Crippen LogP contribution in [0.4, 0.5) is 5.69 Å². The molecule has 1 N–H and O–H groups in total. The molecule has 0 spiro atoms. The average Bonchev–Trinajstić information content (AvgIpc) is 3.13. The Hall–Kier alpha value is -2.33. The molecule has 1 heterocycles. The van der Waals surface area contributed by atoms with Crippen molar-refractivity contribution in [3.8, 4) is 5.75 Å². The quantitative estimate of drug-likeness (QED) is 0.840. The van der Waals surface area contributed by atoms with Crippen LogP contribution in [-0.2, 0) is 10.2 Å². The van der Waals surface area contributed by atoms with E-state index >= 15 is 0 Å². The molecule has 1 fully saturated rings. The second-order valence-electron chi connectivity index (χ2n) is 7.75. The van der Waals surface area contributed by atoms with Crippen molar-refractivity contribution >= 4 is 11.6 Å². The summed E-state index contributed by atoms with van der Waals surface area (Å²) in [5.74, 6) is 0.630. The van der Waals surface area contributed by atoms with Crippen molar-refractivity contribution in [3.63, 3.8) is 0 Å². The number of carbonyl (C=O) groups excluding carboxylic acids is 1. The Morgan fingerprint density at radius 2 is 1.81 bits per heavy atom. The summed E-state index contributed by atoms with van der Waals surface area (Å²) in [5.41, 5.74) is 2.74. The van der Waals surface area contributed by atoms with Gasteiger partial charge >= 0.3 is 0 Å². The van der Waals surface area contributed by atoms with Gasteiger partial charge in [0.2, 0.25) is 0 Å². The van der Waals surface area contributed by atoms with Gasteiger partial charge in [0.1, 0.15) is 12.4 Å². The maximum atomic E-state index is 12.4. The van der Waals surface area contributed by atoms with Crippen LogP contribution in [0.15, 0.2) is 48.5 Å². The van der Waals surface area contributed by atoms with Crippen LogP contribution in [0.25, 0.3) is 0 Å². The Bertz CT molecular complexity index is 723. The summed E-state index contributed by atoms with van der Waals surface area (Å²) in [6, 6.07) is 15.2. The summed E-state index contributed by atoms with van der Waals surface area (Å²) in [7, 11) is 0. The lowest BCUT2D eigenvalue weighted by Crippen LogP contribution is -2.16. The minimum Gasteiger partial charge on any atom is -0.491 e. The third kappa shape index (κ3) is 4.85. The fraction of sp³-hybridized carbons (Fsp3) is 0.409. The van der Waals surface area contributed by atoms with Crippen molar-refractivity contribution in [1.82, 2.24) is 0 Å². The van der Waals surface area contributed by atoms with Gasteiger partial charge in [0.15, 0.2) is 0 Å². The predicted molar refractivity (Wildman–Crippen MR) is 104 cm³/mol. The molecule has 0 bridgehead atoms. The summed E-state index contributed by atoms with van der Waals surface area (Å²) < 4.78 is 11.3. The summed E-state index contributed by atoms with van der Waals surface area (Å²) >= 11 is 0. The van der Waals surface area contributed by atoms with E-state index in [1.165, 1.54) is 5.56 Å². The minimum absolute atomic E-state index is 0.0991. The second-order valence-corrected chi connectivity index (χ2v) is 7.75. The Kier molecular flexibility index (Phi) is 5.62. The third-order valence-corrected chi connectivity index (χ3v) is 4.59. The number of amides is 1. The van der Waals surface area contributed by atoms with Crippen LogP contribution in [0.5, 0.6) is 5.75 Å². The zero-order chi connectivity index (χ0) is 18.6. The molecule has 1 atom stereocenters. The fourth-order valence-corrected chi connectivity index (χ4v) is 2.92. The minimum atomic E-state index is -0.126. The van der Waals surface area contributed by atoms with Crippen LogP contribution in [0, 0.1) is 0 Å². The first-order chi connectivity index (χ1) is 12.4. The van der Waals surface area contributed by atoms with E-state index in [1.54, 1.807) is 12.1 Å². The van der Waals surface area contributed by atoms with Crippen molar-refractivity contribution in [3.05, 3.63) is 59.7 Å². The van der Waals surface area contributed by atoms with E-state index in [0.717, 1.165) is 30.9 Å². The van der Waals surface area contributed by atoms with Gasteiger partial charge in [0.05, 0.1) is 6.10 Å². The van der Waals surface area contributed by atoms with Gasteiger partial charge in [-0.05, 0) is 60.2 Å². The van der Waals surface area contributed by atoms with E-state index in [4.69, 9.17) is 9.47 Å². The van der Waals surface area contributed by atoms with Gasteiger partial charge in [-0.25, -0.2) is 0 Å². The largest absolute Gasteiger partial charge is 0.491 e. The standard InChI is InChI=1S/C22H27NO3/c1-22(2,3)17-8-10-18(11-9-17)23-21(24)16-6-12-19(13-7-16)26-15-20-5-4-14-25-20/h6-13,20H,4-5,14-15H2,1-3H3,(H,23,24)/t20-/m1/s1. The lowest BCUT2D eigenvalue weighted by atomic mass is 9.87. The first-order valence-electron chi connectivity index (χ1n) is 9.18. The second kappa shape index (κ2) is 7.92. The zero-order valence-corrected chi connectivity index (χ0v) is 15.7. The first-order valence-corrected chi connectivity index (χ1v) is 9.18. The number of carbonyl (C=O) groups is 1. The molecular weight excluding hydrogens is 326 g/mol. The van der Waals surface area contributed by atoms with Gasteiger partial charge in [-0.1, -0.05) is 32.9 Å². The SMILES string of the molecule is CC(C)(C)c1ccc(NC(=O)c2ccc(OC[C@H]3CCCO3)cc2)cc1. The molecule has 138 valence electrons. The predicted octanol–water partition coefficient (Wildman–Crippen LogP) is 4.79. The molecule has 1 saturated heterocycles. The van der Waals surface area contributed by atoms with Crippen LogP contribution < -0.4 is 10.1 Å². The Morgan fingerprint density at radius 1 is 1.12 bits per heavy atom. The van der Waals surface area contributed by atoms with Gasteiger partial charge in [-0.15, -0.1) is 0 Å². The Labute approximate surface area is 155 Å². The van der Waals surface area contributed by atoms with Gasteiger partial charge in [-0.2, -0.15) is 0 Å². The van der Waals surface area contributed by atoms with Crippen LogP contribution in [0.1, 0.15) is 49.5 Å². The summed E-state index contributed by atoms with van der Waals surface area (Å²) in [6.07, 6.45) is 2.34. The molecule has 0 radical (unpaired) electrons. The van der Waals surface area contributed by atoms with E-state index in [-0.39, 0.29) is 17.4 Å². The van der Waals surface area contributed by atoms with Gasteiger partial charge < -0.3 is 14.8 Å². The average molecular weight is 353 g/mol. The molecular formula is C22H27NO3. The molecule has 0 unspecified atom stereocenters. The molecule has 4 nitrogen and oxygen atoms in total. The topological polar surface area (TPSA) is 47.6 Å². The molecule has 1 amide bonds. The number of anilines is 1. The Balaban J connectivity index is 1.55. The molecule has 0 aromatic heterocycles. The van der Waals surface area contributed by atoms with Crippen molar-refractivity contribution in [1.29, 1.82) is 0 Å². The lowest BCUT2D eigenvalue weighted by molar-refractivity contribution is 0.0679. The van der Waals surface area contributed by atoms with E-state index in [1.807, 2.05) is 24.3 Å². The molecule has 4 heteroatoms. The number of benzene rings is 2. The van der Waals surface area contributed by atoms with Gasteiger partial charge in [0, 0.05) is 17.9 Å². The number of nitrogens with one attached hydrogen (secondary N) is 1. The molecule has 0 aliphatic carbocycles. The van der Waals surface area contributed by atoms with Crippen molar-refractivity contribution < 1.29 is 14.3 Å². The zero-order valence-electron chi connectivity index (χ0n) is 15.7. The van der Waals surface area contributed by atoms with E-state index in [2.05, 4.69) is 38.2 Å². The number of hydrogen-bond acceptors (Lipinski definition) is 3. The normalized spacial score (nSPS) is 17.1. The van der Waals surface area contributed by atoms with E-state index in [9.17, 15) is 4.79 Å². The highest BCUT2D eigenvalue weighted by atomic mass is 16.5. The number of rotatable bonds is 5. The van der Waals surface area contributed by atoms with Crippen molar-refractivity contribution in [2.45, 2.75) is 45.1 Å². The van der Waals surface area contributed by atoms with Crippen molar-refractivity contribution in [2.24, 2.45) is 0 Å². The lowest BCUT2D eigenvalue weighted by Gasteiger charge is -2.19. The highest BCUT2D eigenvalue weighted by molar-refractivity contribution is 6.04. The summed E-state index contributed by atoms with van der Waals surface area (Å²) in [5, 5.41) is 2.93. The van der Waals surface area contributed by atoms with Crippen LogP contribution >= 0.6 is 0 Å². The molecule has 1 aliphatic rings.